The van der Waals surface area contributed by atoms with Crippen molar-refractivity contribution in [2.75, 3.05) is 0 Å². The van der Waals surface area contributed by atoms with Crippen LogP contribution in [0, 0.1) is 5.92 Å². The van der Waals surface area contributed by atoms with Crippen LogP contribution in [0.25, 0.3) is 0 Å². The molecule has 10 N–H and O–H groups in total. The molecule has 0 fully saturated rings. The van der Waals surface area contributed by atoms with Crippen LogP contribution in [0.4, 0.5) is 0 Å². The third-order valence-electron chi connectivity index (χ3n) is 5.20. The van der Waals surface area contributed by atoms with Gasteiger partial charge in [-0.3, -0.25) is 24.0 Å². The van der Waals surface area contributed by atoms with Crippen LogP contribution >= 0.6 is 0 Å². The molecule has 6 atom stereocenters. The van der Waals surface area contributed by atoms with E-state index in [2.05, 4.69) is 16.0 Å². The molecular formula is C20H35N5O9. The molecule has 194 valence electrons. The maximum Gasteiger partial charge on any atom is 0.326 e. The number of aliphatic hydroxyl groups excluding tert-OH is 1. The molecule has 0 aliphatic heterocycles. The van der Waals surface area contributed by atoms with E-state index in [9.17, 15) is 39.0 Å². The lowest BCUT2D eigenvalue weighted by Gasteiger charge is -2.27. The number of aliphatic hydroxyl groups is 1. The van der Waals surface area contributed by atoms with Gasteiger partial charge in [0.05, 0.1) is 12.1 Å². The van der Waals surface area contributed by atoms with Gasteiger partial charge in [-0.25, -0.2) is 4.79 Å². The van der Waals surface area contributed by atoms with E-state index in [1.165, 1.54) is 6.92 Å². The Morgan fingerprint density at radius 1 is 0.824 bits per heavy atom. The van der Waals surface area contributed by atoms with Gasteiger partial charge < -0.3 is 42.7 Å². The predicted molar refractivity (Wildman–Crippen MR) is 118 cm³/mol. The Morgan fingerprint density at radius 2 is 1.35 bits per heavy atom. The van der Waals surface area contributed by atoms with Crippen molar-refractivity contribution in [1.29, 1.82) is 0 Å². The van der Waals surface area contributed by atoms with Gasteiger partial charge in [-0.2, -0.15) is 0 Å². The van der Waals surface area contributed by atoms with Gasteiger partial charge >= 0.3 is 11.9 Å². The molecule has 14 nitrogen and oxygen atoms in total. The van der Waals surface area contributed by atoms with Gasteiger partial charge in [0.15, 0.2) is 0 Å². The van der Waals surface area contributed by atoms with Gasteiger partial charge in [0.25, 0.3) is 0 Å². The Labute approximate surface area is 196 Å². The average molecular weight is 490 g/mol. The zero-order chi connectivity index (χ0) is 26.6. The minimum Gasteiger partial charge on any atom is -0.481 e. The number of aliphatic carboxylic acids is 2. The fraction of sp³-hybridized carbons (Fsp3) is 0.700. The summed E-state index contributed by atoms with van der Waals surface area (Å²) in [5, 5.41) is 34.7. The van der Waals surface area contributed by atoms with Gasteiger partial charge in [0, 0.05) is 12.8 Å². The van der Waals surface area contributed by atoms with E-state index in [4.69, 9.17) is 16.6 Å². The molecule has 14 heteroatoms. The third-order valence-corrected chi connectivity index (χ3v) is 5.20. The number of hydrogen-bond donors (Lipinski definition) is 8. The van der Waals surface area contributed by atoms with Crippen LogP contribution < -0.4 is 27.4 Å². The second kappa shape index (κ2) is 14.8. The van der Waals surface area contributed by atoms with Crippen molar-refractivity contribution in [2.24, 2.45) is 17.4 Å². The van der Waals surface area contributed by atoms with Gasteiger partial charge in [-0.1, -0.05) is 20.3 Å². The Balaban J connectivity index is 5.55. The SMILES string of the molecule is CCC(C)C(N)C(=O)NC(C(=O)NC(CCC(N)=O)C(=O)NC(CCC(=O)O)C(=O)O)C(C)O. The summed E-state index contributed by atoms with van der Waals surface area (Å²) in [7, 11) is 0. The van der Waals surface area contributed by atoms with E-state index >= 15 is 0 Å². The molecule has 6 unspecified atom stereocenters. The smallest absolute Gasteiger partial charge is 0.326 e. The lowest BCUT2D eigenvalue weighted by Crippen LogP contribution is -2.60. The molecular weight excluding hydrogens is 454 g/mol. The van der Waals surface area contributed by atoms with Crippen LogP contribution in [0.2, 0.25) is 0 Å². The molecule has 0 heterocycles. The second-order valence-corrected chi connectivity index (χ2v) is 8.04. The Kier molecular flexibility index (Phi) is 13.4. The largest absolute Gasteiger partial charge is 0.481 e. The summed E-state index contributed by atoms with van der Waals surface area (Å²) >= 11 is 0. The van der Waals surface area contributed by atoms with E-state index < -0.39 is 78.7 Å². The zero-order valence-electron chi connectivity index (χ0n) is 19.4. The molecule has 4 amide bonds. The summed E-state index contributed by atoms with van der Waals surface area (Å²) in [5.74, 6) is -6.49. The number of nitrogens with two attached hydrogens (primary N) is 2. The molecule has 0 saturated heterocycles. The number of primary amides is 1. The highest BCUT2D eigenvalue weighted by atomic mass is 16.4. The van der Waals surface area contributed by atoms with Crippen molar-refractivity contribution in [3.63, 3.8) is 0 Å². The standard InChI is InChI=1S/C20H35N5O9/c1-4-9(2)15(22)18(31)25-16(10(3)26)19(32)23-11(5-7-13(21)27)17(30)24-12(20(33)34)6-8-14(28)29/h9-12,15-16,26H,4-8,22H2,1-3H3,(H2,21,27)(H,23,32)(H,24,30)(H,25,31)(H,28,29)(H,33,34). The van der Waals surface area contributed by atoms with E-state index in [0.29, 0.717) is 6.42 Å². The number of hydrogen-bond acceptors (Lipinski definition) is 8. The van der Waals surface area contributed by atoms with E-state index in [1.54, 1.807) is 6.92 Å². The second-order valence-electron chi connectivity index (χ2n) is 8.04. The van der Waals surface area contributed by atoms with E-state index in [0.717, 1.165) is 0 Å². The van der Waals surface area contributed by atoms with Gasteiger partial charge in [-0.05, 0) is 25.7 Å². The minimum atomic E-state index is -1.57. The van der Waals surface area contributed by atoms with Crippen LogP contribution in [0.5, 0.6) is 0 Å². The Hall–Kier alpha value is -3.26. The molecule has 0 radical (unpaired) electrons. The van der Waals surface area contributed by atoms with Crippen molar-refractivity contribution in [2.45, 2.75) is 83.1 Å². The number of carboxylic acids is 2. The molecule has 0 spiro atoms. The predicted octanol–water partition coefficient (Wildman–Crippen LogP) is -2.59. The van der Waals surface area contributed by atoms with Crippen molar-refractivity contribution in [1.82, 2.24) is 16.0 Å². The van der Waals surface area contributed by atoms with Gasteiger partial charge in [0.1, 0.15) is 18.1 Å². The van der Waals surface area contributed by atoms with Crippen LogP contribution in [-0.2, 0) is 28.8 Å². The highest BCUT2D eigenvalue weighted by molar-refractivity contribution is 5.94. The maximum absolute atomic E-state index is 12.8. The molecule has 0 saturated carbocycles. The molecule has 0 aromatic heterocycles. The van der Waals surface area contributed by atoms with Crippen molar-refractivity contribution in [3.8, 4) is 0 Å². The molecule has 0 aromatic rings. The number of amides is 4. The normalized spacial score (nSPS) is 16.1. The molecule has 0 aromatic carbocycles. The summed E-state index contributed by atoms with van der Waals surface area (Å²) in [5.41, 5.74) is 10.9. The Morgan fingerprint density at radius 3 is 1.79 bits per heavy atom. The summed E-state index contributed by atoms with van der Waals surface area (Å²) < 4.78 is 0. The summed E-state index contributed by atoms with van der Waals surface area (Å²) in [6.45, 7) is 4.78. The number of carbonyl (C=O) groups is 6. The molecule has 34 heavy (non-hydrogen) atoms. The van der Waals surface area contributed by atoms with Gasteiger partial charge in [-0.15, -0.1) is 0 Å². The van der Waals surface area contributed by atoms with Crippen molar-refractivity contribution in [3.05, 3.63) is 0 Å². The first-order chi connectivity index (χ1) is 15.7. The monoisotopic (exact) mass is 489 g/mol. The highest BCUT2D eigenvalue weighted by Gasteiger charge is 2.33. The Bertz CT molecular complexity index is 759. The number of carbonyl (C=O) groups excluding carboxylic acids is 4. The molecule has 0 aliphatic rings. The fourth-order valence-corrected chi connectivity index (χ4v) is 2.78. The third kappa shape index (κ3) is 11.0. The summed E-state index contributed by atoms with van der Waals surface area (Å²) in [4.78, 5) is 71.0. The quantitative estimate of drug-likeness (QED) is 0.112. The van der Waals surface area contributed by atoms with Crippen molar-refractivity contribution < 1.29 is 44.1 Å². The lowest BCUT2D eigenvalue weighted by atomic mass is 9.98. The first-order valence-electron chi connectivity index (χ1n) is 10.8. The number of carboxylic acid groups (broad SMARTS) is 2. The highest BCUT2D eigenvalue weighted by Crippen LogP contribution is 2.07. The van der Waals surface area contributed by atoms with Crippen LogP contribution in [0.3, 0.4) is 0 Å². The molecule has 0 rings (SSSR count). The number of rotatable bonds is 16. The lowest BCUT2D eigenvalue weighted by molar-refractivity contribution is -0.143. The molecule has 0 bridgehead atoms. The van der Waals surface area contributed by atoms with Crippen LogP contribution in [0.1, 0.15) is 52.9 Å². The van der Waals surface area contributed by atoms with E-state index in [-0.39, 0.29) is 18.8 Å². The first kappa shape index (κ1) is 30.7. The van der Waals surface area contributed by atoms with E-state index in [1.807, 2.05) is 6.92 Å². The van der Waals surface area contributed by atoms with Gasteiger partial charge in [0.2, 0.25) is 23.6 Å². The minimum absolute atomic E-state index is 0.217. The van der Waals surface area contributed by atoms with Crippen LogP contribution in [-0.4, -0.2) is 81.2 Å². The summed E-state index contributed by atoms with van der Waals surface area (Å²) in [6.07, 6.45) is -2.44. The number of nitrogens with one attached hydrogen (secondary N) is 3. The summed E-state index contributed by atoms with van der Waals surface area (Å²) in [6, 6.07) is -5.50. The topological polar surface area (TPSA) is 251 Å². The zero-order valence-corrected chi connectivity index (χ0v) is 19.4. The fourth-order valence-electron chi connectivity index (χ4n) is 2.78. The van der Waals surface area contributed by atoms with Crippen molar-refractivity contribution >= 4 is 35.6 Å². The van der Waals surface area contributed by atoms with Crippen LogP contribution in [0.15, 0.2) is 0 Å². The molecule has 0 aliphatic carbocycles. The first-order valence-corrected chi connectivity index (χ1v) is 10.8. The maximum atomic E-state index is 12.8. The average Bonchev–Trinajstić information content (AvgIpc) is 2.75.